The fraction of sp³-hybridized carbons (Fsp3) is 0.265. The van der Waals surface area contributed by atoms with Crippen molar-refractivity contribution in [1.82, 2.24) is 10.3 Å². The van der Waals surface area contributed by atoms with Gasteiger partial charge in [0.25, 0.3) is 5.91 Å². The minimum Gasteiger partial charge on any atom is -0.452 e. The molecule has 1 aliphatic rings. The fourth-order valence-electron chi connectivity index (χ4n) is 5.19. The second kappa shape index (κ2) is 12.1. The third-order valence-electron chi connectivity index (χ3n) is 7.59. The predicted octanol–water partition coefficient (Wildman–Crippen LogP) is 8.16. The molecule has 0 spiro atoms. The number of nitrogens with zero attached hydrogens (tertiary/aromatic N) is 1. The first-order chi connectivity index (χ1) is 19.6. The van der Waals surface area contributed by atoms with Gasteiger partial charge in [0.05, 0.1) is 16.8 Å². The molecule has 1 aromatic heterocycles. The Morgan fingerprint density at radius 1 is 0.951 bits per heavy atom. The van der Waals surface area contributed by atoms with Crippen molar-refractivity contribution >= 4 is 57.6 Å². The number of esters is 1. The number of allylic oxidation sites excluding steroid dienone is 1. The average molecular weight is 588 g/mol. The van der Waals surface area contributed by atoms with E-state index in [1.807, 2.05) is 60.7 Å². The van der Waals surface area contributed by atoms with Crippen molar-refractivity contribution in [3.05, 3.63) is 111 Å². The van der Waals surface area contributed by atoms with E-state index in [-0.39, 0.29) is 23.8 Å². The van der Waals surface area contributed by atoms with Gasteiger partial charge < -0.3 is 10.1 Å². The van der Waals surface area contributed by atoms with Crippen LogP contribution in [0.3, 0.4) is 0 Å². The van der Waals surface area contributed by atoms with Crippen LogP contribution in [0.15, 0.2) is 72.8 Å². The number of hydrogen-bond acceptors (Lipinski definition) is 4. The van der Waals surface area contributed by atoms with Gasteiger partial charge in [-0.05, 0) is 82.8 Å². The molecule has 0 aliphatic heterocycles. The SMILES string of the molecule is CC(C)(C)[C@@H]1C/C(=C\c2ccc(Cl)cc2)c2nc3ccccc3c(C(=O)OCC(=O)NCc3ccc(Cl)cc3)c2C1. The number of carbonyl (C=O) groups is 2. The second-order valence-electron chi connectivity index (χ2n) is 11.5. The summed E-state index contributed by atoms with van der Waals surface area (Å²) in [6, 6.07) is 22.5. The van der Waals surface area contributed by atoms with Gasteiger partial charge in [-0.25, -0.2) is 9.78 Å². The maximum Gasteiger partial charge on any atom is 0.339 e. The van der Waals surface area contributed by atoms with Gasteiger partial charge in [-0.2, -0.15) is 0 Å². The molecule has 41 heavy (non-hydrogen) atoms. The van der Waals surface area contributed by atoms with E-state index in [4.69, 9.17) is 32.9 Å². The Morgan fingerprint density at radius 3 is 2.29 bits per heavy atom. The molecule has 0 unspecified atom stereocenters. The maximum atomic E-state index is 13.7. The number of rotatable bonds is 6. The minimum atomic E-state index is -0.526. The fourth-order valence-corrected chi connectivity index (χ4v) is 5.44. The number of hydrogen-bond donors (Lipinski definition) is 1. The summed E-state index contributed by atoms with van der Waals surface area (Å²) in [5, 5.41) is 4.82. The Labute approximate surface area is 250 Å². The Morgan fingerprint density at radius 2 is 1.61 bits per heavy atom. The molecule has 4 aromatic rings. The van der Waals surface area contributed by atoms with Crippen molar-refractivity contribution in [2.45, 2.75) is 40.2 Å². The third kappa shape index (κ3) is 6.80. The molecular formula is C34H32Cl2N2O3. The summed E-state index contributed by atoms with van der Waals surface area (Å²) in [5.74, 6) is -0.635. The van der Waals surface area contributed by atoms with Gasteiger partial charge in [0, 0.05) is 22.0 Å². The highest BCUT2D eigenvalue weighted by atomic mass is 35.5. The number of pyridine rings is 1. The molecule has 0 bridgehead atoms. The number of halogens is 2. The van der Waals surface area contributed by atoms with Crippen LogP contribution in [-0.4, -0.2) is 23.5 Å². The Hall–Kier alpha value is -3.67. The van der Waals surface area contributed by atoms with E-state index in [0.717, 1.165) is 39.8 Å². The highest BCUT2D eigenvalue weighted by Crippen LogP contribution is 2.45. The zero-order valence-electron chi connectivity index (χ0n) is 23.3. The Balaban J connectivity index is 1.48. The molecule has 1 aliphatic carbocycles. The summed E-state index contributed by atoms with van der Waals surface area (Å²) >= 11 is 12.1. The van der Waals surface area contributed by atoms with Gasteiger partial charge in [-0.1, -0.05) is 86.4 Å². The summed E-state index contributed by atoms with van der Waals surface area (Å²) in [7, 11) is 0. The van der Waals surface area contributed by atoms with E-state index in [1.165, 1.54) is 0 Å². The highest BCUT2D eigenvalue weighted by molar-refractivity contribution is 6.30. The van der Waals surface area contributed by atoms with Crippen LogP contribution in [0.1, 0.15) is 59.9 Å². The van der Waals surface area contributed by atoms with Crippen molar-refractivity contribution in [1.29, 1.82) is 0 Å². The number of para-hydroxylation sites is 1. The molecule has 5 nitrogen and oxygen atoms in total. The van der Waals surface area contributed by atoms with Gasteiger partial charge in [0.15, 0.2) is 6.61 Å². The number of amides is 1. The topological polar surface area (TPSA) is 68.3 Å². The number of nitrogens with one attached hydrogen (secondary N) is 1. The van der Waals surface area contributed by atoms with Crippen molar-refractivity contribution < 1.29 is 14.3 Å². The molecule has 1 atom stereocenters. The summed E-state index contributed by atoms with van der Waals surface area (Å²) in [4.78, 5) is 31.4. The second-order valence-corrected chi connectivity index (χ2v) is 12.4. The van der Waals surface area contributed by atoms with Crippen LogP contribution in [-0.2, 0) is 22.5 Å². The molecule has 1 N–H and O–H groups in total. The van der Waals surface area contributed by atoms with Gasteiger partial charge in [-0.3, -0.25) is 4.79 Å². The van der Waals surface area contributed by atoms with Gasteiger partial charge in [0.1, 0.15) is 0 Å². The molecule has 1 amide bonds. The maximum absolute atomic E-state index is 13.7. The molecule has 0 fully saturated rings. The molecule has 3 aromatic carbocycles. The normalized spacial score (nSPS) is 15.9. The summed E-state index contributed by atoms with van der Waals surface area (Å²) in [5.41, 5.74) is 5.82. The smallest absolute Gasteiger partial charge is 0.339 e. The van der Waals surface area contributed by atoms with E-state index in [9.17, 15) is 9.59 Å². The molecule has 210 valence electrons. The van der Waals surface area contributed by atoms with Crippen LogP contribution in [0.5, 0.6) is 0 Å². The molecular weight excluding hydrogens is 555 g/mol. The van der Waals surface area contributed by atoms with Crippen molar-refractivity contribution in [3.8, 4) is 0 Å². The van der Waals surface area contributed by atoms with E-state index >= 15 is 0 Å². The largest absolute Gasteiger partial charge is 0.452 e. The van der Waals surface area contributed by atoms with Crippen LogP contribution < -0.4 is 5.32 Å². The first kappa shape index (κ1) is 28.8. The van der Waals surface area contributed by atoms with Crippen LogP contribution in [0.25, 0.3) is 22.6 Å². The molecule has 0 radical (unpaired) electrons. The molecule has 0 saturated heterocycles. The Bertz CT molecular complexity index is 1620. The summed E-state index contributed by atoms with van der Waals surface area (Å²) in [6.45, 7) is 6.60. The van der Waals surface area contributed by atoms with Crippen LogP contribution in [0, 0.1) is 11.3 Å². The predicted molar refractivity (Wildman–Crippen MR) is 166 cm³/mol. The minimum absolute atomic E-state index is 0.00878. The number of benzene rings is 3. The monoisotopic (exact) mass is 586 g/mol. The standard InChI is InChI=1S/C34H32Cl2N2O3/c1-34(2,3)24-17-23(16-21-8-12-25(35)13-9-21)32-28(18-24)31(27-6-4-5-7-29(27)38-32)33(40)41-20-30(39)37-19-22-10-14-26(36)15-11-22/h4-16,24H,17-20H2,1-3H3,(H,37,39)/b23-16+/t24-/m1/s1. The van der Waals surface area contributed by atoms with Gasteiger partial charge >= 0.3 is 5.97 Å². The number of fused-ring (bicyclic) bond motifs is 2. The molecule has 7 heteroatoms. The quantitative estimate of drug-likeness (QED) is 0.231. The summed E-state index contributed by atoms with van der Waals surface area (Å²) < 4.78 is 5.63. The summed E-state index contributed by atoms with van der Waals surface area (Å²) in [6.07, 6.45) is 3.64. The number of aromatic nitrogens is 1. The lowest BCUT2D eigenvalue weighted by Gasteiger charge is -2.36. The van der Waals surface area contributed by atoms with E-state index in [0.29, 0.717) is 34.1 Å². The lowest BCUT2D eigenvalue weighted by Crippen LogP contribution is -2.30. The van der Waals surface area contributed by atoms with Gasteiger partial charge in [0.2, 0.25) is 0 Å². The highest BCUT2D eigenvalue weighted by Gasteiger charge is 2.35. The molecule has 1 heterocycles. The number of ether oxygens (including phenoxy) is 1. The van der Waals surface area contributed by atoms with Crippen molar-refractivity contribution in [2.24, 2.45) is 11.3 Å². The van der Waals surface area contributed by atoms with Crippen LogP contribution in [0.2, 0.25) is 10.0 Å². The van der Waals surface area contributed by atoms with Crippen molar-refractivity contribution in [2.75, 3.05) is 6.61 Å². The first-order valence-corrected chi connectivity index (χ1v) is 14.4. The zero-order valence-corrected chi connectivity index (χ0v) is 24.9. The van der Waals surface area contributed by atoms with Crippen LogP contribution in [0.4, 0.5) is 0 Å². The zero-order chi connectivity index (χ0) is 29.1. The lowest BCUT2D eigenvalue weighted by molar-refractivity contribution is -0.124. The van der Waals surface area contributed by atoms with Gasteiger partial charge in [-0.15, -0.1) is 0 Å². The van der Waals surface area contributed by atoms with E-state index < -0.39 is 5.97 Å². The molecule has 5 rings (SSSR count). The lowest BCUT2D eigenvalue weighted by atomic mass is 9.69. The van der Waals surface area contributed by atoms with Crippen molar-refractivity contribution in [3.63, 3.8) is 0 Å². The molecule has 0 saturated carbocycles. The average Bonchev–Trinajstić information content (AvgIpc) is 2.95. The van der Waals surface area contributed by atoms with E-state index in [2.05, 4.69) is 32.2 Å². The van der Waals surface area contributed by atoms with Crippen LogP contribution >= 0.6 is 23.2 Å². The first-order valence-electron chi connectivity index (χ1n) is 13.6. The van der Waals surface area contributed by atoms with E-state index in [1.54, 1.807) is 12.1 Å². The third-order valence-corrected chi connectivity index (χ3v) is 8.10. The number of carbonyl (C=O) groups excluding carboxylic acids is 2. The Kier molecular flexibility index (Phi) is 8.48.